The quantitative estimate of drug-likeness (QED) is 0.793. The van der Waals surface area contributed by atoms with Crippen molar-refractivity contribution in [3.8, 4) is 0 Å². The predicted molar refractivity (Wildman–Crippen MR) is 93.4 cm³/mol. The van der Waals surface area contributed by atoms with Gasteiger partial charge < -0.3 is 10.1 Å². The van der Waals surface area contributed by atoms with E-state index >= 15 is 0 Å². The lowest BCUT2D eigenvalue weighted by Crippen LogP contribution is -2.35. The van der Waals surface area contributed by atoms with Crippen molar-refractivity contribution in [1.82, 2.24) is 10.3 Å². The topological polar surface area (TPSA) is 68.3 Å². The zero-order valence-electron chi connectivity index (χ0n) is 13.3. The Morgan fingerprint density at radius 1 is 1.29 bits per heavy atom. The first-order valence-corrected chi connectivity index (χ1v) is 8.58. The van der Waals surface area contributed by atoms with Crippen molar-refractivity contribution in [2.24, 2.45) is 0 Å². The maximum absolute atomic E-state index is 12.4. The van der Waals surface area contributed by atoms with E-state index in [4.69, 9.17) is 16.3 Å². The Balaban J connectivity index is 2.18. The molecule has 2 rings (SSSR count). The summed E-state index contributed by atoms with van der Waals surface area (Å²) >= 11 is 7.42. The van der Waals surface area contributed by atoms with E-state index in [0.29, 0.717) is 22.2 Å². The van der Waals surface area contributed by atoms with E-state index < -0.39 is 12.1 Å². The third kappa shape index (κ3) is 4.72. The van der Waals surface area contributed by atoms with Gasteiger partial charge in [-0.3, -0.25) is 4.79 Å². The Labute approximate surface area is 149 Å². The molecule has 0 aliphatic heterocycles. The average Bonchev–Trinajstić information content (AvgIpc) is 2.57. The molecule has 1 atom stereocenters. The number of carbonyl (C=O) groups excluding carboxylic acids is 2. The van der Waals surface area contributed by atoms with Gasteiger partial charge in [0.05, 0.1) is 10.6 Å². The molecule has 2 aromatic rings. The van der Waals surface area contributed by atoms with Crippen molar-refractivity contribution in [2.45, 2.75) is 29.9 Å². The van der Waals surface area contributed by atoms with Crippen LogP contribution in [-0.2, 0) is 9.53 Å². The maximum atomic E-state index is 12.4. The lowest BCUT2D eigenvalue weighted by molar-refractivity contribution is -0.128. The molecule has 0 bridgehead atoms. The van der Waals surface area contributed by atoms with Crippen LogP contribution in [-0.4, -0.2) is 29.5 Å². The van der Waals surface area contributed by atoms with E-state index in [2.05, 4.69) is 10.3 Å². The molecular formula is C17H17ClN2O3S. The van der Waals surface area contributed by atoms with Crippen LogP contribution in [0.2, 0.25) is 5.02 Å². The maximum Gasteiger partial charge on any atom is 0.341 e. The summed E-state index contributed by atoms with van der Waals surface area (Å²) in [6.45, 7) is 3.80. The molecule has 0 aliphatic carbocycles. The molecule has 0 saturated carbocycles. The van der Waals surface area contributed by atoms with Gasteiger partial charge in [-0.15, -0.1) is 0 Å². The minimum Gasteiger partial charge on any atom is -0.449 e. The molecule has 1 amide bonds. The Bertz CT molecular complexity index is 739. The third-order valence-electron chi connectivity index (χ3n) is 3.04. The lowest BCUT2D eigenvalue weighted by atomic mass is 10.3. The highest BCUT2D eigenvalue weighted by molar-refractivity contribution is 7.99. The van der Waals surface area contributed by atoms with E-state index in [0.717, 1.165) is 4.90 Å². The summed E-state index contributed by atoms with van der Waals surface area (Å²) in [6.07, 6.45) is 0.708. The van der Waals surface area contributed by atoms with Crippen LogP contribution in [0.25, 0.3) is 0 Å². The van der Waals surface area contributed by atoms with Gasteiger partial charge in [-0.2, -0.15) is 0 Å². The molecular weight excluding hydrogens is 348 g/mol. The van der Waals surface area contributed by atoms with E-state index in [1.807, 2.05) is 18.2 Å². The number of rotatable bonds is 6. The first kappa shape index (κ1) is 18.3. The van der Waals surface area contributed by atoms with Crippen molar-refractivity contribution >= 4 is 35.2 Å². The summed E-state index contributed by atoms with van der Waals surface area (Å²) in [4.78, 5) is 29.1. The number of likely N-dealkylation sites (N-methyl/N-ethyl adjacent to an activating group) is 1. The highest BCUT2D eigenvalue weighted by Crippen LogP contribution is 2.33. The van der Waals surface area contributed by atoms with Crippen LogP contribution >= 0.6 is 23.4 Å². The molecule has 126 valence electrons. The van der Waals surface area contributed by atoms with Gasteiger partial charge >= 0.3 is 5.97 Å². The number of benzene rings is 1. The van der Waals surface area contributed by atoms with Gasteiger partial charge in [-0.1, -0.05) is 35.5 Å². The molecule has 0 unspecified atom stereocenters. The summed E-state index contributed by atoms with van der Waals surface area (Å²) < 4.78 is 5.22. The fraction of sp³-hybridized carbons (Fsp3) is 0.235. The van der Waals surface area contributed by atoms with E-state index in [1.165, 1.54) is 18.7 Å². The summed E-state index contributed by atoms with van der Waals surface area (Å²) in [5, 5.41) is 3.65. The Morgan fingerprint density at radius 3 is 2.75 bits per heavy atom. The van der Waals surface area contributed by atoms with Crippen LogP contribution in [0.5, 0.6) is 0 Å². The van der Waals surface area contributed by atoms with Crippen molar-refractivity contribution in [3.05, 3.63) is 53.2 Å². The number of amides is 1. The van der Waals surface area contributed by atoms with E-state index in [9.17, 15) is 9.59 Å². The smallest absolute Gasteiger partial charge is 0.341 e. The minimum absolute atomic E-state index is 0.290. The Kier molecular flexibility index (Phi) is 6.63. The van der Waals surface area contributed by atoms with Gasteiger partial charge in [0.15, 0.2) is 6.10 Å². The van der Waals surface area contributed by atoms with Gasteiger partial charge in [0, 0.05) is 17.6 Å². The third-order valence-corrected chi connectivity index (χ3v) is 4.57. The van der Waals surface area contributed by atoms with Crippen LogP contribution in [0.4, 0.5) is 0 Å². The first-order chi connectivity index (χ1) is 11.5. The summed E-state index contributed by atoms with van der Waals surface area (Å²) in [5.41, 5.74) is 0.290. The number of nitrogens with one attached hydrogen (secondary N) is 1. The van der Waals surface area contributed by atoms with Crippen LogP contribution in [0, 0.1) is 0 Å². The molecule has 1 heterocycles. The summed E-state index contributed by atoms with van der Waals surface area (Å²) in [6, 6.07) is 10.5. The number of hydrogen-bond donors (Lipinski definition) is 1. The largest absolute Gasteiger partial charge is 0.449 e. The van der Waals surface area contributed by atoms with E-state index in [-0.39, 0.29) is 5.91 Å². The van der Waals surface area contributed by atoms with Crippen LogP contribution in [0.15, 0.2) is 52.5 Å². The highest BCUT2D eigenvalue weighted by atomic mass is 35.5. The monoisotopic (exact) mass is 364 g/mol. The molecule has 0 radical (unpaired) electrons. The fourth-order valence-corrected chi connectivity index (χ4v) is 3.00. The van der Waals surface area contributed by atoms with Crippen LogP contribution in [0.1, 0.15) is 24.2 Å². The van der Waals surface area contributed by atoms with Gasteiger partial charge in [0.25, 0.3) is 5.91 Å². The average molecular weight is 365 g/mol. The zero-order valence-corrected chi connectivity index (χ0v) is 14.9. The second kappa shape index (κ2) is 8.70. The molecule has 0 fully saturated rings. The molecule has 0 spiro atoms. The van der Waals surface area contributed by atoms with Gasteiger partial charge in [-0.25, -0.2) is 9.78 Å². The molecule has 7 heteroatoms. The minimum atomic E-state index is -0.879. The fourth-order valence-electron chi connectivity index (χ4n) is 1.85. The second-order valence-electron chi connectivity index (χ2n) is 4.83. The highest BCUT2D eigenvalue weighted by Gasteiger charge is 2.21. The number of carbonyl (C=O) groups is 2. The number of pyridine rings is 1. The van der Waals surface area contributed by atoms with Gasteiger partial charge in [0.1, 0.15) is 5.03 Å². The van der Waals surface area contributed by atoms with Crippen LogP contribution < -0.4 is 5.32 Å². The van der Waals surface area contributed by atoms with Gasteiger partial charge in [0.2, 0.25) is 0 Å². The molecule has 1 aromatic heterocycles. The molecule has 0 saturated heterocycles. The van der Waals surface area contributed by atoms with Gasteiger partial charge in [-0.05, 0) is 38.1 Å². The Hall–Kier alpha value is -2.05. The number of nitrogens with zero attached hydrogens (tertiary/aromatic N) is 1. The SMILES string of the molecule is CCNC(=O)[C@@H](C)OC(=O)c1cccnc1Sc1ccccc1Cl. The Morgan fingerprint density at radius 2 is 2.04 bits per heavy atom. The lowest BCUT2D eigenvalue weighted by Gasteiger charge is -2.14. The normalized spacial score (nSPS) is 11.6. The first-order valence-electron chi connectivity index (χ1n) is 7.39. The summed E-state index contributed by atoms with van der Waals surface area (Å²) in [5.74, 6) is -0.938. The number of aromatic nitrogens is 1. The summed E-state index contributed by atoms with van der Waals surface area (Å²) in [7, 11) is 0. The second-order valence-corrected chi connectivity index (χ2v) is 6.27. The number of ether oxygens (including phenoxy) is 1. The van der Waals surface area contributed by atoms with E-state index in [1.54, 1.807) is 31.3 Å². The number of halogens is 1. The molecule has 0 aliphatic rings. The van der Waals surface area contributed by atoms with Crippen molar-refractivity contribution in [2.75, 3.05) is 6.54 Å². The standard InChI is InChI=1S/C17H17ClN2O3S/c1-3-19-15(21)11(2)23-17(22)12-7-6-10-20-16(12)24-14-9-5-4-8-13(14)18/h4-11H,3H2,1-2H3,(H,19,21)/t11-/m1/s1. The molecule has 24 heavy (non-hydrogen) atoms. The van der Waals surface area contributed by atoms with Crippen molar-refractivity contribution in [3.63, 3.8) is 0 Å². The zero-order chi connectivity index (χ0) is 17.5. The molecule has 1 N–H and O–H groups in total. The van der Waals surface area contributed by atoms with Crippen molar-refractivity contribution in [1.29, 1.82) is 0 Å². The number of hydrogen-bond acceptors (Lipinski definition) is 5. The van der Waals surface area contributed by atoms with Crippen molar-refractivity contribution < 1.29 is 14.3 Å². The molecule has 5 nitrogen and oxygen atoms in total. The van der Waals surface area contributed by atoms with Crippen LogP contribution in [0.3, 0.4) is 0 Å². The molecule has 1 aromatic carbocycles. The number of esters is 1. The predicted octanol–water partition coefficient (Wildman–Crippen LogP) is 3.57.